The number of piperazine rings is 1. The molecule has 0 unspecified atom stereocenters. The van der Waals surface area contributed by atoms with Crippen molar-refractivity contribution in [3.8, 4) is 11.3 Å². The van der Waals surface area contributed by atoms with Crippen molar-refractivity contribution in [2.75, 3.05) is 31.1 Å². The van der Waals surface area contributed by atoms with Gasteiger partial charge in [0.15, 0.2) is 0 Å². The Balaban J connectivity index is 1.41. The van der Waals surface area contributed by atoms with Gasteiger partial charge in [-0.1, -0.05) is 6.07 Å². The van der Waals surface area contributed by atoms with Crippen LogP contribution in [-0.4, -0.2) is 50.8 Å². The van der Waals surface area contributed by atoms with Gasteiger partial charge < -0.3 is 4.90 Å². The molecule has 0 aliphatic carbocycles. The van der Waals surface area contributed by atoms with Gasteiger partial charge in [0, 0.05) is 56.5 Å². The van der Waals surface area contributed by atoms with Crippen molar-refractivity contribution >= 4 is 5.82 Å². The van der Waals surface area contributed by atoms with Crippen LogP contribution in [0, 0.1) is 0 Å². The maximum absolute atomic E-state index is 4.49. The Kier molecular flexibility index (Phi) is 4.20. The lowest BCUT2D eigenvalue weighted by Crippen LogP contribution is -2.47. The monoisotopic (exact) mass is 320 g/mol. The predicted octanol–water partition coefficient (Wildman–Crippen LogP) is 2.12. The standard InChI is InChI=1S/C18H20N6/c1-2-8-20-18(5-1)23-12-10-22(11-13-23)15-24-17(6-9-21-24)16-4-3-7-19-14-16/h1-9,14H,10-13,15H2. The molecular weight excluding hydrogens is 300 g/mol. The number of nitrogens with zero attached hydrogens (tertiary/aromatic N) is 6. The molecule has 24 heavy (non-hydrogen) atoms. The van der Waals surface area contributed by atoms with Gasteiger partial charge in [-0.2, -0.15) is 5.10 Å². The summed E-state index contributed by atoms with van der Waals surface area (Å²) in [5, 5.41) is 4.49. The lowest BCUT2D eigenvalue weighted by Gasteiger charge is -2.35. The third kappa shape index (κ3) is 3.14. The summed E-state index contributed by atoms with van der Waals surface area (Å²) in [6.45, 7) is 4.78. The molecule has 0 saturated carbocycles. The molecule has 0 bridgehead atoms. The van der Waals surface area contributed by atoms with Gasteiger partial charge in [0.1, 0.15) is 5.82 Å². The maximum Gasteiger partial charge on any atom is 0.128 e. The Morgan fingerprint density at radius 1 is 0.875 bits per heavy atom. The summed E-state index contributed by atoms with van der Waals surface area (Å²) in [6, 6.07) is 12.1. The highest BCUT2D eigenvalue weighted by molar-refractivity contribution is 5.57. The molecule has 4 rings (SSSR count). The van der Waals surface area contributed by atoms with Crippen LogP contribution in [0.3, 0.4) is 0 Å². The van der Waals surface area contributed by atoms with E-state index in [2.05, 4.69) is 37.0 Å². The molecule has 6 nitrogen and oxygen atoms in total. The fourth-order valence-corrected chi connectivity index (χ4v) is 3.05. The van der Waals surface area contributed by atoms with E-state index in [0.29, 0.717) is 0 Å². The molecule has 3 aromatic heterocycles. The van der Waals surface area contributed by atoms with Gasteiger partial charge in [0.2, 0.25) is 0 Å². The second-order valence-corrected chi connectivity index (χ2v) is 5.89. The summed E-state index contributed by atoms with van der Waals surface area (Å²) in [4.78, 5) is 13.4. The molecule has 0 amide bonds. The van der Waals surface area contributed by atoms with E-state index in [1.165, 1.54) is 0 Å². The van der Waals surface area contributed by atoms with Gasteiger partial charge in [0.05, 0.1) is 12.4 Å². The summed E-state index contributed by atoms with van der Waals surface area (Å²) in [6.07, 6.45) is 7.38. The van der Waals surface area contributed by atoms with Crippen molar-refractivity contribution in [3.63, 3.8) is 0 Å². The van der Waals surface area contributed by atoms with E-state index < -0.39 is 0 Å². The maximum atomic E-state index is 4.49. The minimum absolute atomic E-state index is 0.799. The first-order chi connectivity index (χ1) is 11.9. The Morgan fingerprint density at radius 2 is 1.79 bits per heavy atom. The first-order valence-corrected chi connectivity index (χ1v) is 8.21. The zero-order chi connectivity index (χ0) is 16.2. The normalized spacial score (nSPS) is 15.6. The third-order valence-corrected chi connectivity index (χ3v) is 4.35. The van der Waals surface area contributed by atoms with E-state index in [1.807, 2.05) is 47.5 Å². The van der Waals surface area contributed by atoms with Crippen LogP contribution in [0.2, 0.25) is 0 Å². The zero-order valence-electron chi connectivity index (χ0n) is 13.5. The fraction of sp³-hybridized carbons (Fsp3) is 0.278. The SMILES string of the molecule is c1ccc(N2CCN(Cn3nccc3-c3cccnc3)CC2)nc1. The molecule has 1 aliphatic rings. The molecule has 0 radical (unpaired) electrons. The highest BCUT2D eigenvalue weighted by atomic mass is 15.4. The highest BCUT2D eigenvalue weighted by Crippen LogP contribution is 2.18. The second kappa shape index (κ2) is 6.80. The largest absolute Gasteiger partial charge is 0.354 e. The molecule has 0 N–H and O–H groups in total. The van der Waals surface area contributed by atoms with Crippen LogP contribution < -0.4 is 4.90 Å². The van der Waals surface area contributed by atoms with Crippen LogP contribution in [0.25, 0.3) is 11.3 Å². The van der Waals surface area contributed by atoms with Crippen molar-refractivity contribution in [2.45, 2.75) is 6.67 Å². The molecule has 1 fully saturated rings. The Hall–Kier alpha value is -2.73. The van der Waals surface area contributed by atoms with Crippen LogP contribution in [0.5, 0.6) is 0 Å². The number of pyridine rings is 2. The number of hydrogen-bond donors (Lipinski definition) is 0. The highest BCUT2D eigenvalue weighted by Gasteiger charge is 2.19. The number of aromatic nitrogens is 4. The Morgan fingerprint density at radius 3 is 2.54 bits per heavy atom. The van der Waals surface area contributed by atoms with Crippen molar-refractivity contribution in [3.05, 3.63) is 61.2 Å². The smallest absolute Gasteiger partial charge is 0.128 e. The van der Waals surface area contributed by atoms with Gasteiger partial charge in [-0.3, -0.25) is 14.6 Å². The van der Waals surface area contributed by atoms with Gasteiger partial charge >= 0.3 is 0 Å². The summed E-state index contributed by atoms with van der Waals surface area (Å²) < 4.78 is 2.05. The zero-order valence-corrected chi connectivity index (χ0v) is 13.5. The van der Waals surface area contributed by atoms with Crippen LogP contribution >= 0.6 is 0 Å². The second-order valence-electron chi connectivity index (χ2n) is 5.89. The summed E-state index contributed by atoms with van der Waals surface area (Å²) >= 11 is 0. The molecule has 1 aliphatic heterocycles. The molecule has 6 heteroatoms. The lowest BCUT2D eigenvalue weighted by molar-refractivity contribution is 0.197. The Bertz CT molecular complexity index is 762. The third-order valence-electron chi connectivity index (χ3n) is 4.35. The van der Waals surface area contributed by atoms with Crippen LogP contribution in [0.1, 0.15) is 0 Å². The number of hydrogen-bond acceptors (Lipinski definition) is 5. The van der Waals surface area contributed by atoms with E-state index in [-0.39, 0.29) is 0 Å². The summed E-state index contributed by atoms with van der Waals surface area (Å²) in [5.41, 5.74) is 2.21. The van der Waals surface area contributed by atoms with Gasteiger partial charge in [-0.05, 0) is 30.3 Å². The molecule has 0 atom stereocenters. The Labute approximate surface area is 141 Å². The van der Waals surface area contributed by atoms with Crippen LogP contribution in [0.15, 0.2) is 61.2 Å². The summed E-state index contributed by atoms with van der Waals surface area (Å²) in [7, 11) is 0. The quantitative estimate of drug-likeness (QED) is 0.737. The molecule has 0 aromatic carbocycles. The number of anilines is 1. The topological polar surface area (TPSA) is 50.1 Å². The van der Waals surface area contributed by atoms with Gasteiger partial charge in [0.25, 0.3) is 0 Å². The van der Waals surface area contributed by atoms with E-state index in [1.54, 1.807) is 6.20 Å². The lowest BCUT2D eigenvalue weighted by atomic mass is 10.2. The average Bonchev–Trinajstić information content (AvgIpc) is 3.12. The minimum atomic E-state index is 0.799. The van der Waals surface area contributed by atoms with E-state index in [0.717, 1.165) is 49.9 Å². The van der Waals surface area contributed by atoms with Crippen molar-refractivity contribution in [1.82, 2.24) is 24.6 Å². The molecule has 122 valence electrons. The van der Waals surface area contributed by atoms with Crippen molar-refractivity contribution < 1.29 is 0 Å². The van der Waals surface area contributed by atoms with Crippen molar-refractivity contribution in [1.29, 1.82) is 0 Å². The predicted molar refractivity (Wildman–Crippen MR) is 93.5 cm³/mol. The average molecular weight is 320 g/mol. The first-order valence-electron chi connectivity index (χ1n) is 8.21. The fourth-order valence-electron chi connectivity index (χ4n) is 3.05. The molecule has 1 saturated heterocycles. The van der Waals surface area contributed by atoms with E-state index in [9.17, 15) is 0 Å². The first kappa shape index (κ1) is 14.8. The van der Waals surface area contributed by atoms with Gasteiger partial charge in [-0.25, -0.2) is 4.98 Å². The number of rotatable bonds is 4. The minimum Gasteiger partial charge on any atom is -0.354 e. The molecule has 3 aromatic rings. The van der Waals surface area contributed by atoms with Crippen molar-refractivity contribution in [2.24, 2.45) is 0 Å². The molecule has 4 heterocycles. The summed E-state index contributed by atoms with van der Waals surface area (Å²) in [5.74, 6) is 1.06. The van der Waals surface area contributed by atoms with Crippen LogP contribution in [-0.2, 0) is 6.67 Å². The van der Waals surface area contributed by atoms with Crippen LogP contribution in [0.4, 0.5) is 5.82 Å². The molecule has 0 spiro atoms. The molecular formula is C18H20N6. The van der Waals surface area contributed by atoms with E-state index in [4.69, 9.17) is 0 Å². The van der Waals surface area contributed by atoms with E-state index >= 15 is 0 Å². The van der Waals surface area contributed by atoms with Gasteiger partial charge in [-0.15, -0.1) is 0 Å².